The van der Waals surface area contributed by atoms with E-state index < -0.39 is 0 Å². The second kappa shape index (κ2) is 3.32. The Morgan fingerprint density at radius 3 is 2.80 bits per heavy atom. The zero-order valence-electron chi connectivity index (χ0n) is 7.78. The maximum atomic E-state index is 5.01. The normalized spacial score (nSPS) is 10.9. The Morgan fingerprint density at radius 2 is 2.07 bits per heavy atom. The summed E-state index contributed by atoms with van der Waals surface area (Å²) in [6, 6.07) is 10.5. The number of nitrogens with one attached hydrogen (secondary N) is 2. The van der Waals surface area contributed by atoms with E-state index in [0.29, 0.717) is 4.77 Å². The number of fused-ring (bicyclic) bond motifs is 1. The van der Waals surface area contributed by atoms with Crippen LogP contribution in [0.2, 0.25) is 0 Å². The minimum atomic E-state index is 0.669. The molecular formula is C11H8N2S2. The van der Waals surface area contributed by atoms with Crippen LogP contribution < -0.4 is 0 Å². The topological polar surface area (TPSA) is 31.6 Å². The molecule has 2 nitrogen and oxygen atoms in total. The molecule has 0 saturated heterocycles. The van der Waals surface area contributed by atoms with Gasteiger partial charge in [0.1, 0.15) is 0 Å². The Kier molecular flexibility index (Phi) is 1.97. The fourth-order valence-electron chi connectivity index (χ4n) is 1.58. The molecule has 0 fully saturated rings. The van der Waals surface area contributed by atoms with Crippen LogP contribution in [0.25, 0.3) is 20.7 Å². The molecule has 0 aliphatic rings. The summed E-state index contributed by atoms with van der Waals surface area (Å²) in [4.78, 5) is 7.31. The average Bonchev–Trinajstić information content (AvgIpc) is 2.82. The van der Waals surface area contributed by atoms with Crippen molar-refractivity contribution in [1.29, 1.82) is 0 Å². The van der Waals surface area contributed by atoms with E-state index in [9.17, 15) is 0 Å². The molecular weight excluding hydrogens is 224 g/mol. The van der Waals surface area contributed by atoms with Gasteiger partial charge in [0.15, 0.2) is 4.77 Å². The fraction of sp³-hybridized carbons (Fsp3) is 0. The van der Waals surface area contributed by atoms with Crippen LogP contribution in [0, 0.1) is 4.77 Å². The van der Waals surface area contributed by atoms with Crippen LogP contribution in [0.15, 0.2) is 36.5 Å². The third-order valence-electron chi connectivity index (χ3n) is 2.29. The minimum Gasteiger partial charge on any atom is -0.337 e. The van der Waals surface area contributed by atoms with Gasteiger partial charge in [-0.15, -0.1) is 11.3 Å². The lowest BCUT2D eigenvalue weighted by atomic mass is 10.2. The minimum absolute atomic E-state index is 0.669. The van der Waals surface area contributed by atoms with E-state index in [1.165, 1.54) is 15.0 Å². The van der Waals surface area contributed by atoms with Crippen LogP contribution in [-0.4, -0.2) is 9.97 Å². The first-order chi connectivity index (χ1) is 7.33. The smallest absolute Gasteiger partial charge is 0.174 e. The predicted octanol–water partition coefficient (Wildman–Crippen LogP) is 3.95. The number of H-pyrrole nitrogens is 2. The van der Waals surface area contributed by atoms with Gasteiger partial charge < -0.3 is 9.97 Å². The van der Waals surface area contributed by atoms with Gasteiger partial charge in [0.25, 0.3) is 0 Å². The zero-order chi connectivity index (χ0) is 10.3. The average molecular weight is 232 g/mol. The third kappa shape index (κ3) is 1.52. The number of imidazole rings is 1. The molecule has 2 N–H and O–H groups in total. The molecule has 4 heteroatoms. The summed E-state index contributed by atoms with van der Waals surface area (Å²) < 4.78 is 1.97. The molecule has 0 unspecified atom stereocenters. The van der Waals surface area contributed by atoms with Crippen LogP contribution in [-0.2, 0) is 0 Å². The second-order valence-corrected chi connectivity index (χ2v) is 4.80. The Bertz CT molecular complexity index is 627. The molecule has 0 aliphatic carbocycles. The molecule has 0 saturated carbocycles. The standard InChI is InChI=1S/C11H8N2S2/c14-11-12-6-8(13-11)10-5-7-3-1-2-4-9(7)15-10/h1-6H,(H2,12,13,14). The second-order valence-electron chi connectivity index (χ2n) is 3.30. The van der Waals surface area contributed by atoms with E-state index in [4.69, 9.17) is 12.2 Å². The van der Waals surface area contributed by atoms with Crippen molar-refractivity contribution in [3.63, 3.8) is 0 Å². The van der Waals surface area contributed by atoms with Crippen LogP contribution in [0.4, 0.5) is 0 Å². The molecule has 0 spiro atoms. The third-order valence-corrected chi connectivity index (χ3v) is 3.66. The highest BCUT2D eigenvalue weighted by atomic mass is 32.1. The van der Waals surface area contributed by atoms with Gasteiger partial charge in [0.2, 0.25) is 0 Å². The van der Waals surface area contributed by atoms with Crippen molar-refractivity contribution in [3.8, 4) is 10.6 Å². The van der Waals surface area contributed by atoms with Gasteiger partial charge in [-0.05, 0) is 29.7 Å². The molecule has 2 heterocycles. The molecule has 0 radical (unpaired) electrons. The molecule has 0 amide bonds. The summed E-state index contributed by atoms with van der Waals surface area (Å²) in [5.41, 5.74) is 1.06. The quantitative estimate of drug-likeness (QED) is 0.611. The van der Waals surface area contributed by atoms with Crippen LogP contribution in [0.5, 0.6) is 0 Å². The summed E-state index contributed by atoms with van der Waals surface area (Å²) >= 11 is 6.77. The molecule has 0 bridgehead atoms. The van der Waals surface area contributed by atoms with Gasteiger partial charge in [-0.3, -0.25) is 0 Å². The largest absolute Gasteiger partial charge is 0.337 e. The van der Waals surface area contributed by atoms with Crippen molar-refractivity contribution in [2.75, 3.05) is 0 Å². The van der Waals surface area contributed by atoms with Crippen LogP contribution in [0.1, 0.15) is 0 Å². The molecule has 15 heavy (non-hydrogen) atoms. The summed E-state index contributed by atoms with van der Waals surface area (Å²) in [7, 11) is 0. The Labute approximate surface area is 95.6 Å². The predicted molar refractivity (Wildman–Crippen MR) is 66.8 cm³/mol. The lowest BCUT2D eigenvalue weighted by Gasteiger charge is -1.86. The van der Waals surface area contributed by atoms with Crippen molar-refractivity contribution in [3.05, 3.63) is 41.3 Å². The van der Waals surface area contributed by atoms with Crippen LogP contribution in [0.3, 0.4) is 0 Å². The number of aromatic nitrogens is 2. The van der Waals surface area contributed by atoms with Crippen molar-refractivity contribution >= 4 is 33.6 Å². The van der Waals surface area contributed by atoms with Gasteiger partial charge in [-0.2, -0.15) is 0 Å². The van der Waals surface area contributed by atoms with Crippen molar-refractivity contribution in [2.45, 2.75) is 0 Å². The van der Waals surface area contributed by atoms with E-state index >= 15 is 0 Å². The highest BCUT2D eigenvalue weighted by Crippen LogP contribution is 2.31. The molecule has 1 aromatic carbocycles. The van der Waals surface area contributed by atoms with E-state index in [1.807, 2.05) is 6.20 Å². The molecule has 3 rings (SSSR count). The molecule has 0 atom stereocenters. The lowest BCUT2D eigenvalue weighted by molar-refractivity contribution is 1.27. The number of hydrogen-bond donors (Lipinski definition) is 2. The molecule has 2 aromatic heterocycles. The maximum Gasteiger partial charge on any atom is 0.174 e. The van der Waals surface area contributed by atoms with Crippen LogP contribution >= 0.6 is 23.6 Å². The number of hydrogen-bond acceptors (Lipinski definition) is 2. The van der Waals surface area contributed by atoms with E-state index in [0.717, 1.165) is 5.69 Å². The first-order valence-corrected chi connectivity index (χ1v) is 5.82. The molecule has 0 aliphatic heterocycles. The SMILES string of the molecule is S=c1[nH]cc(-c2cc3ccccc3s2)[nH]1. The highest BCUT2D eigenvalue weighted by Gasteiger charge is 2.04. The number of rotatable bonds is 1. The van der Waals surface area contributed by atoms with Gasteiger partial charge in [-0.1, -0.05) is 18.2 Å². The van der Waals surface area contributed by atoms with Gasteiger partial charge in [0, 0.05) is 10.9 Å². The number of thiophene rings is 1. The van der Waals surface area contributed by atoms with Gasteiger partial charge >= 0.3 is 0 Å². The summed E-state index contributed by atoms with van der Waals surface area (Å²) in [6.07, 6.45) is 1.91. The Morgan fingerprint density at radius 1 is 1.20 bits per heavy atom. The van der Waals surface area contributed by atoms with E-state index in [1.54, 1.807) is 11.3 Å². The van der Waals surface area contributed by atoms with E-state index in [-0.39, 0.29) is 0 Å². The van der Waals surface area contributed by atoms with Crippen molar-refractivity contribution in [1.82, 2.24) is 9.97 Å². The first-order valence-electron chi connectivity index (χ1n) is 4.59. The molecule has 74 valence electrons. The monoisotopic (exact) mass is 232 g/mol. The van der Waals surface area contributed by atoms with Gasteiger partial charge in [0.05, 0.1) is 10.6 Å². The van der Waals surface area contributed by atoms with Crippen molar-refractivity contribution in [2.24, 2.45) is 0 Å². The number of benzene rings is 1. The fourth-order valence-corrected chi connectivity index (χ4v) is 2.78. The van der Waals surface area contributed by atoms with E-state index in [2.05, 4.69) is 40.3 Å². The van der Waals surface area contributed by atoms with Gasteiger partial charge in [-0.25, -0.2) is 0 Å². The number of aromatic amines is 2. The first kappa shape index (κ1) is 8.88. The maximum absolute atomic E-state index is 5.01. The molecule has 3 aromatic rings. The zero-order valence-corrected chi connectivity index (χ0v) is 9.41. The Balaban J connectivity index is 2.24. The summed E-state index contributed by atoms with van der Waals surface area (Å²) in [6.45, 7) is 0. The summed E-state index contributed by atoms with van der Waals surface area (Å²) in [5, 5.41) is 1.28. The summed E-state index contributed by atoms with van der Waals surface area (Å²) in [5.74, 6) is 0. The van der Waals surface area contributed by atoms with Crippen molar-refractivity contribution < 1.29 is 0 Å². The highest BCUT2D eigenvalue weighted by molar-refractivity contribution is 7.71. The Hall–Kier alpha value is -1.39. The lowest BCUT2D eigenvalue weighted by Crippen LogP contribution is -1.67.